The lowest BCUT2D eigenvalue weighted by Gasteiger charge is -2.23. The van der Waals surface area contributed by atoms with Crippen LogP contribution in [0.5, 0.6) is 5.75 Å². The Balaban J connectivity index is 0.00000364. The summed E-state index contributed by atoms with van der Waals surface area (Å²) in [5.41, 5.74) is 2.01. The quantitative estimate of drug-likeness (QED) is 0.348. The molecule has 0 fully saturated rings. The lowest BCUT2D eigenvalue weighted by molar-refractivity contribution is 0.129. The standard InChI is InChI=1S/C20H30N4OS.HI/c1-14-15(2)26-18(24-14)11-12-22-19(21-6)23-13-16-9-7-8-10-17(16)25-20(3,4)5;/h7-10H,11-13H2,1-6H3,(H2,21,22,23);1H. The molecule has 0 aliphatic heterocycles. The normalized spacial score (nSPS) is 11.7. The van der Waals surface area contributed by atoms with E-state index in [-0.39, 0.29) is 29.6 Å². The maximum Gasteiger partial charge on any atom is 0.191 e. The van der Waals surface area contributed by atoms with Gasteiger partial charge in [-0.3, -0.25) is 4.99 Å². The zero-order chi connectivity index (χ0) is 19.2. The second-order valence-electron chi connectivity index (χ2n) is 7.17. The highest BCUT2D eigenvalue weighted by Gasteiger charge is 2.14. The van der Waals surface area contributed by atoms with E-state index >= 15 is 0 Å². The summed E-state index contributed by atoms with van der Waals surface area (Å²) in [6.45, 7) is 11.8. The number of aromatic nitrogens is 1. The molecule has 27 heavy (non-hydrogen) atoms. The van der Waals surface area contributed by atoms with Crippen molar-refractivity contribution in [1.29, 1.82) is 0 Å². The predicted molar refractivity (Wildman–Crippen MR) is 126 cm³/mol. The monoisotopic (exact) mass is 502 g/mol. The van der Waals surface area contributed by atoms with Crippen molar-refractivity contribution in [2.45, 2.75) is 53.2 Å². The molecule has 0 spiro atoms. The first-order valence-corrected chi connectivity index (χ1v) is 9.74. The van der Waals surface area contributed by atoms with Crippen LogP contribution in [0, 0.1) is 13.8 Å². The molecule has 1 aromatic heterocycles. The van der Waals surface area contributed by atoms with Crippen molar-refractivity contribution >= 4 is 41.3 Å². The average Bonchev–Trinajstić information content (AvgIpc) is 2.88. The molecule has 0 amide bonds. The van der Waals surface area contributed by atoms with Gasteiger partial charge in [0, 0.05) is 37.0 Å². The molecule has 0 aliphatic rings. The molecule has 0 bridgehead atoms. The number of para-hydroxylation sites is 1. The zero-order valence-electron chi connectivity index (χ0n) is 17.0. The summed E-state index contributed by atoms with van der Waals surface area (Å²) in [5.74, 6) is 1.68. The van der Waals surface area contributed by atoms with Gasteiger partial charge in [-0.25, -0.2) is 4.98 Å². The fourth-order valence-corrected chi connectivity index (χ4v) is 3.35. The molecule has 1 heterocycles. The van der Waals surface area contributed by atoms with E-state index in [1.807, 2.05) is 18.2 Å². The third kappa shape index (κ3) is 8.04. The van der Waals surface area contributed by atoms with E-state index < -0.39 is 0 Å². The Kier molecular flexibility index (Phi) is 9.52. The van der Waals surface area contributed by atoms with Crippen LogP contribution in [0.1, 0.15) is 41.9 Å². The number of halogens is 1. The lowest BCUT2D eigenvalue weighted by atomic mass is 10.1. The first kappa shape index (κ1) is 23.7. The highest BCUT2D eigenvalue weighted by Crippen LogP contribution is 2.22. The van der Waals surface area contributed by atoms with Crippen LogP contribution in [0.15, 0.2) is 29.3 Å². The van der Waals surface area contributed by atoms with Crippen molar-refractivity contribution in [1.82, 2.24) is 15.6 Å². The predicted octanol–water partition coefficient (Wildman–Crippen LogP) is 4.46. The first-order chi connectivity index (χ1) is 12.3. The summed E-state index contributed by atoms with van der Waals surface area (Å²) in [6, 6.07) is 8.10. The molecule has 0 atom stereocenters. The maximum atomic E-state index is 6.04. The lowest BCUT2D eigenvalue weighted by Crippen LogP contribution is -2.38. The van der Waals surface area contributed by atoms with Crippen molar-refractivity contribution in [3.63, 3.8) is 0 Å². The molecule has 1 aromatic carbocycles. The van der Waals surface area contributed by atoms with Gasteiger partial charge < -0.3 is 15.4 Å². The number of aliphatic imine (C=N–C) groups is 1. The number of thiazole rings is 1. The molecule has 2 rings (SSSR count). The topological polar surface area (TPSA) is 58.5 Å². The second-order valence-corrected chi connectivity index (χ2v) is 8.46. The number of aryl methyl sites for hydroxylation is 2. The minimum Gasteiger partial charge on any atom is -0.488 e. The van der Waals surface area contributed by atoms with Gasteiger partial charge >= 0.3 is 0 Å². The maximum absolute atomic E-state index is 6.04. The van der Waals surface area contributed by atoms with Gasteiger partial charge in [0.1, 0.15) is 11.4 Å². The number of ether oxygens (including phenoxy) is 1. The number of guanidine groups is 1. The number of hydrogen-bond acceptors (Lipinski definition) is 4. The number of rotatable bonds is 6. The van der Waals surface area contributed by atoms with Crippen molar-refractivity contribution in [3.8, 4) is 5.75 Å². The van der Waals surface area contributed by atoms with E-state index in [1.165, 1.54) is 4.88 Å². The second kappa shape index (κ2) is 10.8. The fraction of sp³-hybridized carbons (Fsp3) is 0.500. The third-order valence-corrected chi connectivity index (χ3v) is 4.90. The molecule has 2 N–H and O–H groups in total. The van der Waals surface area contributed by atoms with Gasteiger partial charge in [0.15, 0.2) is 5.96 Å². The van der Waals surface area contributed by atoms with E-state index in [0.717, 1.165) is 40.9 Å². The first-order valence-electron chi connectivity index (χ1n) is 8.93. The Morgan fingerprint density at radius 3 is 2.48 bits per heavy atom. The molecule has 0 saturated heterocycles. The summed E-state index contributed by atoms with van der Waals surface area (Å²) < 4.78 is 6.04. The van der Waals surface area contributed by atoms with E-state index in [2.05, 4.69) is 61.3 Å². The van der Waals surface area contributed by atoms with Crippen molar-refractivity contribution in [2.24, 2.45) is 4.99 Å². The van der Waals surface area contributed by atoms with Crippen LogP contribution in [0.4, 0.5) is 0 Å². The van der Waals surface area contributed by atoms with Crippen LogP contribution in [-0.4, -0.2) is 30.1 Å². The molecular weight excluding hydrogens is 471 g/mol. The van der Waals surface area contributed by atoms with Crippen LogP contribution in [-0.2, 0) is 13.0 Å². The van der Waals surface area contributed by atoms with Gasteiger partial charge in [0.25, 0.3) is 0 Å². The molecule has 0 aliphatic carbocycles. The summed E-state index contributed by atoms with van der Waals surface area (Å²) in [6.07, 6.45) is 0.893. The highest BCUT2D eigenvalue weighted by molar-refractivity contribution is 14.0. The Morgan fingerprint density at radius 1 is 1.19 bits per heavy atom. The van der Waals surface area contributed by atoms with Crippen LogP contribution in [0.3, 0.4) is 0 Å². The van der Waals surface area contributed by atoms with Gasteiger partial charge in [-0.05, 0) is 40.7 Å². The third-order valence-electron chi connectivity index (χ3n) is 3.76. The van der Waals surface area contributed by atoms with Gasteiger partial charge in [-0.15, -0.1) is 35.3 Å². The minimum atomic E-state index is -0.222. The average molecular weight is 502 g/mol. The van der Waals surface area contributed by atoms with Gasteiger partial charge in [0.2, 0.25) is 0 Å². The van der Waals surface area contributed by atoms with Crippen molar-refractivity contribution < 1.29 is 4.74 Å². The van der Waals surface area contributed by atoms with Gasteiger partial charge in [-0.2, -0.15) is 0 Å². The van der Waals surface area contributed by atoms with Crippen LogP contribution < -0.4 is 15.4 Å². The summed E-state index contributed by atoms with van der Waals surface area (Å²) in [7, 11) is 1.78. The molecular formula is C20H31IN4OS. The molecule has 7 heteroatoms. The summed E-state index contributed by atoms with van der Waals surface area (Å²) >= 11 is 1.76. The fourth-order valence-electron chi connectivity index (χ4n) is 2.41. The number of hydrogen-bond donors (Lipinski definition) is 2. The van der Waals surface area contributed by atoms with E-state index in [9.17, 15) is 0 Å². The Bertz CT molecular complexity index is 733. The molecule has 0 unspecified atom stereocenters. The SMILES string of the molecule is CN=C(NCCc1nc(C)c(C)s1)NCc1ccccc1OC(C)(C)C.I. The van der Waals surface area contributed by atoms with E-state index in [0.29, 0.717) is 6.54 Å². The Labute approximate surface area is 184 Å². The van der Waals surface area contributed by atoms with E-state index in [1.54, 1.807) is 18.4 Å². The largest absolute Gasteiger partial charge is 0.488 e. The van der Waals surface area contributed by atoms with Crippen molar-refractivity contribution in [3.05, 3.63) is 45.4 Å². The molecule has 0 saturated carbocycles. The van der Waals surface area contributed by atoms with Crippen LogP contribution in [0.25, 0.3) is 0 Å². The molecule has 2 aromatic rings. The van der Waals surface area contributed by atoms with Gasteiger partial charge in [-0.1, -0.05) is 18.2 Å². The summed E-state index contributed by atoms with van der Waals surface area (Å²) in [5, 5.41) is 7.87. The molecule has 0 radical (unpaired) electrons. The van der Waals surface area contributed by atoms with Crippen LogP contribution >= 0.6 is 35.3 Å². The minimum absolute atomic E-state index is 0. The van der Waals surface area contributed by atoms with Crippen LogP contribution in [0.2, 0.25) is 0 Å². The van der Waals surface area contributed by atoms with Crippen molar-refractivity contribution in [2.75, 3.05) is 13.6 Å². The van der Waals surface area contributed by atoms with Gasteiger partial charge in [0.05, 0.1) is 10.7 Å². The zero-order valence-corrected chi connectivity index (χ0v) is 20.2. The molecule has 5 nitrogen and oxygen atoms in total. The smallest absolute Gasteiger partial charge is 0.191 e. The number of benzene rings is 1. The molecule has 150 valence electrons. The Hall–Kier alpha value is -1.35. The summed E-state index contributed by atoms with van der Waals surface area (Å²) in [4.78, 5) is 10.2. The van der Waals surface area contributed by atoms with E-state index in [4.69, 9.17) is 4.74 Å². The number of nitrogens with one attached hydrogen (secondary N) is 2. The Morgan fingerprint density at radius 2 is 1.89 bits per heavy atom. The number of nitrogens with zero attached hydrogens (tertiary/aromatic N) is 2. The highest BCUT2D eigenvalue weighted by atomic mass is 127.